The van der Waals surface area contributed by atoms with Gasteiger partial charge in [-0.1, -0.05) is 0 Å². The molecular formula is C10H15N3O2. The highest BCUT2D eigenvalue weighted by atomic mass is 17.0. The van der Waals surface area contributed by atoms with E-state index in [0.29, 0.717) is 19.7 Å². The molecule has 1 aliphatic rings. The SMILES string of the molecule is CNc1ccc2c(c1)CN(OCCN)O2. The molecule has 1 aromatic carbocycles. The molecule has 5 heteroatoms. The Balaban J connectivity index is 2.03. The van der Waals surface area contributed by atoms with Crippen molar-refractivity contribution in [2.75, 3.05) is 25.5 Å². The molecule has 1 heterocycles. The lowest BCUT2D eigenvalue weighted by Crippen LogP contribution is -2.25. The van der Waals surface area contributed by atoms with Crippen LogP contribution in [0.15, 0.2) is 18.2 Å². The number of hydrogen-bond acceptors (Lipinski definition) is 5. The fourth-order valence-corrected chi connectivity index (χ4v) is 1.46. The summed E-state index contributed by atoms with van der Waals surface area (Å²) < 4.78 is 0. The van der Waals surface area contributed by atoms with Crippen LogP contribution in [0.2, 0.25) is 0 Å². The monoisotopic (exact) mass is 209 g/mol. The molecular weight excluding hydrogens is 194 g/mol. The molecule has 2 rings (SSSR count). The Morgan fingerprint density at radius 2 is 2.47 bits per heavy atom. The molecule has 5 nitrogen and oxygen atoms in total. The first-order valence-corrected chi connectivity index (χ1v) is 4.92. The summed E-state index contributed by atoms with van der Waals surface area (Å²) in [4.78, 5) is 10.7. The predicted octanol–water partition coefficient (Wildman–Crippen LogP) is 0.728. The van der Waals surface area contributed by atoms with Crippen molar-refractivity contribution in [3.63, 3.8) is 0 Å². The van der Waals surface area contributed by atoms with Crippen molar-refractivity contribution >= 4 is 5.69 Å². The van der Waals surface area contributed by atoms with Gasteiger partial charge in [-0.2, -0.15) is 0 Å². The number of hydrogen-bond donors (Lipinski definition) is 2. The summed E-state index contributed by atoms with van der Waals surface area (Å²) in [5.41, 5.74) is 7.52. The molecule has 1 aromatic rings. The molecule has 0 atom stereocenters. The Morgan fingerprint density at radius 1 is 1.60 bits per heavy atom. The van der Waals surface area contributed by atoms with E-state index in [-0.39, 0.29) is 0 Å². The van der Waals surface area contributed by atoms with E-state index in [1.54, 1.807) is 0 Å². The minimum Gasteiger partial charge on any atom is -0.388 e. The van der Waals surface area contributed by atoms with E-state index in [9.17, 15) is 0 Å². The average Bonchev–Trinajstić information content (AvgIpc) is 2.67. The molecule has 0 radical (unpaired) electrons. The molecule has 15 heavy (non-hydrogen) atoms. The van der Waals surface area contributed by atoms with Gasteiger partial charge in [0.25, 0.3) is 0 Å². The third-order valence-electron chi connectivity index (χ3n) is 2.20. The summed E-state index contributed by atoms with van der Waals surface area (Å²) in [5.74, 6) is 0.839. The van der Waals surface area contributed by atoms with Gasteiger partial charge in [0.1, 0.15) is 0 Å². The zero-order chi connectivity index (χ0) is 10.7. The molecule has 0 saturated heterocycles. The van der Waals surface area contributed by atoms with E-state index >= 15 is 0 Å². The number of benzene rings is 1. The summed E-state index contributed by atoms with van der Waals surface area (Å²) in [6.45, 7) is 1.58. The molecule has 82 valence electrons. The van der Waals surface area contributed by atoms with Crippen molar-refractivity contribution in [2.24, 2.45) is 5.73 Å². The maximum absolute atomic E-state index is 5.44. The molecule has 0 amide bonds. The molecule has 0 fully saturated rings. The van der Waals surface area contributed by atoms with E-state index in [1.807, 2.05) is 25.2 Å². The van der Waals surface area contributed by atoms with Crippen LogP contribution < -0.4 is 15.9 Å². The Kier molecular flexibility index (Phi) is 3.05. The van der Waals surface area contributed by atoms with Crippen LogP contribution in [0, 0.1) is 0 Å². The quantitative estimate of drug-likeness (QED) is 0.765. The highest BCUT2D eigenvalue weighted by molar-refractivity contribution is 5.51. The molecule has 0 spiro atoms. The van der Waals surface area contributed by atoms with Gasteiger partial charge in [0.2, 0.25) is 0 Å². The van der Waals surface area contributed by atoms with Gasteiger partial charge >= 0.3 is 0 Å². The molecule has 0 bridgehead atoms. The standard InChI is InChI=1S/C10H15N3O2/c1-12-9-2-3-10-8(6-9)7-13(15-10)14-5-4-11/h2-3,6,12H,4-5,7,11H2,1H3. The fraction of sp³-hybridized carbons (Fsp3) is 0.400. The predicted molar refractivity (Wildman–Crippen MR) is 57.2 cm³/mol. The van der Waals surface area contributed by atoms with Crippen molar-refractivity contribution in [1.82, 2.24) is 5.23 Å². The van der Waals surface area contributed by atoms with E-state index < -0.39 is 0 Å². The lowest BCUT2D eigenvalue weighted by atomic mass is 10.2. The van der Waals surface area contributed by atoms with E-state index in [0.717, 1.165) is 17.0 Å². The van der Waals surface area contributed by atoms with Crippen molar-refractivity contribution in [1.29, 1.82) is 0 Å². The first-order chi connectivity index (χ1) is 7.33. The minimum atomic E-state index is 0.465. The smallest absolute Gasteiger partial charge is 0.155 e. The summed E-state index contributed by atoms with van der Waals surface area (Å²) >= 11 is 0. The summed E-state index contributed by atoms with van der Waals surface area (Å²) in [5, 5.41) is 4.54. The lowest BCUT2D eigenvalue weighted by molar-refractivity contribution is -0.310. The maximum Gasteiger partial charge on any atom is 0.155 e. The topological polar surface area (TPSA) is 59.8 Å². The molecule has 0 aromatic heterocycles. The molecule has 0 unspecified atom stereocenters. The number of nitrogens with two attached hydrogens (primary N) is 1. The van der Waals surface area contributed by atoms with Crippen LogP contribution in [0.5, 0.6) is 5.75 Å². The number of anilines is 1. The normalized spacial score (nSPS) is 14.8. The minimum absolute atomic E-state index is 0.465. The van der Waals surface area contributed by atoms with E-state index in [4.69, 9.17) is 15.4 Å². The van der Waals surface area contributed by atoms with Gasteiger partial charge in [-0.05, 0) is 23.4 Å². The van der Waals surface area contributed by atoms with E-state index in [2.05, 4.69) is 5.32 Å². The fourth-order valence-electron chi connectivity index (χ4n) is 1.46. The molecule has 3 N–H and O–H groups in total. The Labute approximate surface area is 88.7 Å². The molecule has 0 aliphatic carbocycles. The van der Waals surface area contributed by atoms with Crippen LogP contribution in [0.4, 0.5) is 5.69 Å². The van der Waals surface area contributed by atoms with Crippen LogP contribution in [0.25, 0.3) is 0 Å². The van der Waals surface area contributed by atoms with Crippen molar-refractivity contribution in [3.8, 4) is 5.75 Å². The van der Waals surface area contributed by atoms with Crippen molar-refractivity contribution in [3.05, 3.63) is 23.8 Å². The largest absolute Gasteiger partial charge is 0.388 e. The van der Waals surface area contributed by atoms with Crippen molar-refractivity contribution < 1.29 is 9.68 Å². The number of nitrogens with zero attached hydrogens (tertiary/aromatic N) is 1. The van der Waals surface area contributed by atoms with Gasteiger partial charge in [-0.15, -0.1) is 0 Å². The number of hydroxylamine groups is 2. The van der Waals surface area contributed by atoms with Crippen LogP contribution in [-0.4, -0.2) is 25.4 Å². The second kappa shape index (κ2) is 4.48. The first-order valence-electron chi connectivity index (χ1n) is 4.92. The Hall–Kier alpha value is -1.30. The van der Waals surface area contributed by atoms with Gasteiger partial charge in [0.05, 0.1) is 13.2 Å². The van der Waals surface area contributed by atoms with Gasteiger partial charge in [0, 0.05) is 24.8 Å². The summed E-state index contributed by atoms with van der Waals surface area (Å²) in [6, 6.07) is 5.93. The Bertz CT molecular complexity index is 343. The number of fused-ring (bicyclic) bond motifs is 1. The Morgan fingerprint density at radius 3 is 3.20 bits per heavy atom. The van der Waals surface area contributed by atoms with Gasteiger partial charge in [0.15, 0.2) is 5.75 Å². The number of nitrogens with one attached hydrogen (secondary N) is 1. The van der Waals surface area contributed by atoms with Gasteiger partial charge in [-0.25, -0.2) is 0 Å². The second-order valence-electron chi connectivity index (χ2n) is 3.28. The van der Waals surface area contributed by atoms with Crippen LogP contribution >= 0.6 is 0 Å². The van der Waals surface area contributed by atoms with Crippen LogP contribution in [0.1, 0.15) is 5.56 Å². The average molecular weight is 209 g/mol. The summed E-state index contributed by atoms with van der Waals surface area (Å²) in [6.07, 6.45) is 0. The van der Waals surface area contributed by atoms with Crippen molar-refractivity contribution in [2.45, 2.75) is 6.54 Å². The molecule has 0 saturated carbocycles. The third kappa shape index (κ3) is 2.20. The molecule has 1 aliphatic heterocycles. The lowest BCUT2D eigenvalue weighted by Gasteiger charge is -2.12. The van der Waals surface area contributed by atoms with Gasteiger partial charge < -0.3 is 15.9 Å². The highest BCUT2D eigenvalue weighted by Crippen LogP contribution is 2.30. The van der Waals surface area contributed by atoms with Crippen LogP contribution in [0.3, 0.4) is 0 Å². The van der Waals surface area contributed by atoms with E-state index in [1.165, 1.54) is 5.23 Å². The van der Waals surface area contributed by atoms with Gasteiger partial charge in [-0.3, -0.25) is 4.84 Å². The third-order valence-corrected chi connectivity index (χ3v) is 2.20. The number of rotatable bonds is 4. The zero-order valence-corrected chi connectivity index (χ0v) is 8.69. The van der Waals surface area contributed by atoms with Crippen LogP contribution in [-0.2, 0) is 11.4 Å². The maximum atomic E-state index is 5.44. The first kappa shape index (κ1) is 10.2. The zero-order valence-electron chi connectivity index (χ0n) is 8.69. The summed E-state index contributed by atoms with van der Waals surface area (Å²) in [7, 11) is 1.89. The highest BCUT2D eigenvalue weighted by Gasteiger charge is 2.21. The second-order valence-corrected chi connectivity index (χ2v) is 3.28.